The van der Waals surface area contributed by atoms with E-state index in [0.29, 0.717) is 16.4 Å². The van der Waals surface area contributed by atoms with E-state index in [0.717, 1.165) is 31.1 Å². The first kappa shape index (κ1) is 20.5. The number of rotatable bonds is 6. The SMILES string of the molecule is CC1CN(Cc2csc(NC(=O)c3ccc(Oc4ccccc4)cc3)n2)CC(C)O1. The molecule has 0 radical (unpaired) electrons. The van der Waals surface area contributed by atoms with E-state index in [4.69, 9.17) is 9.47 Å². The lowest BCUT2D eigenvalue weighted by Crippen LogP contribution is -2.44. The first-order valence-electron chi connectivity index (χ1n) is 10.0. The molecule has 7 heteroatoms. The first-order chi connectivity index (χ1) is 14.5. The molecule has 6 nitrogen and oxygen atoms in total. The van der Waals surface area contributed by atoms with Crippen molar-refractivity contribution in [3.8, 4) is 11.5 Å². The molecule has 4 rings (SSSR count). The number of benzene rings is 2. The monoisotopic (exact) mass is 423 g/mol. The zero-order valence-electron chi connectivity index (χ0n) is 17.1. The number of anilines is 1. The molecule has 1 aromatic heterocycles. The number of carbonyl (C=O) groups is 1. The second-order valence-electron chi connectivity index (χ2n) is 7.49. The number of thiazole rings is 1. The highest BCUT2D eigenvalue weighted by molar-refractivity contribution is 7.13. The van der Waals surface area contributed by atoms with Gasteiger partial charge in [0.25, 0.3) is 5.91 Å². The van der Waals surface area contributed by atoms with Crippen molar-refractivity contribution in [2.45, 2.75) is 32.6 Å². The van der Waals surface area contributed by atoms with Crippen LogP contribution in [0, 0.1) is 0 Å². The number of amides is 1. The predicted octanol–water partition coefficient (Wildman–Crippen LogP) is 4.80. The maximum absolute atomic E-state index is 12.6. The van der Waals surface area contributed by atoms with Gasteiger partial charge in [-0.05, 0) is 50.2 Å². The van der Waals surface area contributed by atoms with E-state index in [9.17, 15) is 4.79 Å². The van der Waals surface area contributed by atoms with E-state index in [2.05, 4.69) is 29.0 Å². The molecule has 0 spiro atoms. The third-order valence-electron chi connectivity index (χ3n) is 4.75. The summed E-state index contributed by atoms with van der Waals surface area (Å²) in [7, 11) is 0. The fourth-order valence-corrected chi connectivity index (χ4v) is 4.24. The van der Waals surface area contributed by atoms with Crippen LogP contribution in [-0.2, 0) is 11.3 Å². The van der Waals surface area contributed by atoms with Gasteiger partial charge in [0.15, 0.2) is 5.13 Å². The van der Waals surface area contributed by atoms with Gasteiger partial charge in [0, 0.05) is 30.6 Å². The summed E-state index contributed by atoms with van der Waals surface area (Å²) in [6, 6.07) is 16.6. The van der Waals surface area contributed by atoms with Crippen LogP contribution in [0.15, 0.2) is 60.0 Å². The van der Waals surface area contributed by atoms with Crippen molar-refractivity contribution in [1.82, 2.24) is 9.88 Å². The average molecular weight is 424 g/mol. The minimum Gasteiger partial charge on any atom is -0.457 e. The summed E-state index contributed by atoms with van der Waals surface area (Å²) in [6.45, 7) is 6.72. The van der Waals surface area contributed by atoms with Crippen molar-refractivity contribution in [2.24, 2.45) is 0 Å². The molecule has 3 aromatic rings. The molecule has 156 valence electrons. The Labute approximate surface area is 180 Å². The molecule has 1 aliphatic heterocycles. The molecule has 0 bridgehead atoms. The number of hydrogen-bond acceptors (Lipinski definition) is 6. The van der Waals surface area contributed by atoms with Gasteiger partial charge in [0.2, 0.25) is 0 Å². The molecule has 2 atom stereocenters. The molecule has 1 amide bonds. The van der Waals surface area contributed by atoms with Crippen LogP contribution in [0.5, 0.6) is 11.5 Å². The summed E-state index contributed by atoms with van der Waals surface area (Å²) in [4.78, 5) is 19.5. The van der Waals surface area contributed by atoms with E-state index >= 15 is 0 Å². The number of para-hydroxylation sites is 1. The molecule has 1 fully saturated rings. The van der Waals surface area contributed by atoms with Gasteiger partial charge in [-0.2, -0.15) is 0 Å². The van der Waals surface area contributed by atoms with Crippen LogP contribution >= 0.6 is 11.3 Å². The van der Waals surface area contributed by atoms with E-state index in [1.54, 1.807) is 24.3 Å². The standard InChI is InChI=1S/C23H25N3O3S/c1-16-12-26(13-17(2)28-16)14-19-15-30-23(24-19)25-22(27)18-8-10-21(11-9-18)29-20-6-4-3-5-7-20/h3-11,15-17H,12-14H2,1-2H3,(H,24,25,27). The highest BCUT2D eigenvalue weighted by atomic mass is 32.1. The maximum atomic E-state index is 12.6. The molecule has 0 saturated carbocycles. The zero-order valence-corrected chi connectivity index (χ0v) is 17.9. The second kappa shape index (κ2) is 9.38. The van der Waals surface area contributed by atoms with Crippen molar-refractivity contribution in [3.63, 3.8) is 0 Å². The van der Waals surface area contributed by atoms with Gasteiger partial charge < -0.3 is 9.47 Å². The Morgan fingerprint density at radius 1 is 1.10 bits per heavy atom. The van der Waals surface area contributed by atoms with Crippen molar-refractivity contribution in [2.75, 3.05) is 18.4 Å². The van der Waals surface area contributed by atoms with E-state index in [1.165, 1.54) is 11.3 Å². The molecule has 2 heterocycles. The number of nitrogens with zero attached hydrogens (tertiary/aromatic N) is 2. The van der Waals surface area contributed by atoms with Crippen LogP contribution in [0.4, 0.5) is 5.13 Å². The molecule has 2 unspecified atom stereocenters. The summed E-state index contributed by atoms with van der Waals surface area (Å²) in [5, 5.41) is 5.49. The fraction of sp³-hybridized carbons (Fsp3) is 0.304. The molecule has 1 N–H and O–H groups in total. The first-order valence-corrected chi connectivity index (χ1v) is 10.9. The third kappa shape index (κ3) is 5.44. The van der Waals surface area contributed by atoms with E-state index in [1.807, 2.05) is 35.7 Å². The van der Waals surface area contributed by atoms with E-state index < -0.39 is 0 Å². The van der Waals surface area contributed by atoms with Crippen molar-refractivity contribution >= 4 is 22.4 Å². The lowest BCUT2D eigenvalue weighted by Gasteiger charge is -2.34. The van der Waals surface area contributed by atoms with Crippen LogP contribution in [0.1, 0.15) is 29.9 Å². The Morgan fingerprint density at radius 3 is 2.47 bits per heavy atom. The Hall–Kier alpha value is -2.74. The quantitative estimate of drug-likeness (QED) is 0.617. The molecule has 1 saturated heterocycles. The highest BCUT2D eigenvalue weighted by Crippen LogP contribution is 2.23. The van der Waals surface area contributed by atoms with Crippen LogP contribution in [0.2, 0.25) is 0 Å². The smallest absolute Gasteiger partial charge is 0.257 e. The highest BCUT2D eigenvalue weighted by Gasteiger charge is 2.22. The van der Waals surface area contributed by atoms with Crippen molar-refractivity contribution in [1.29, 1.82) is 0 Å². The Balaban J connectivity index is 1.33. The normalized spacial score (nSPS) is 19.4. The van der Waals surface area contributed by atoms with Gasteiger partial charge in [-0.25, -0.2) is 4.98 Å². The molecule has 1 aliphatic rings. The topological polar surface area (TPSA) is 63.7 Å². The fourth-order valence-electron chi connectivity index (χ4n) is 3.55. The molecule has 0 aliphatic carbocycles. The Morgan fingerprint density at radius 2 is 1.77 bits per heavy atom. The summed E-state index contributed by atoms with van der Waals surface area (Å²) in [5.74, 6) is 1.26. The zero-order chi connectivity index (χ0) is 20.9. The van der Waals surface area contributed by atoms with Crippen LogP contribution in [0.25, 0.3) is 0 Å². The number of ether oxygens (including phenoxy) is 2. The van der Waals surface area contributed by atoms with E-state index in [-0.39, 0.29) is 18.1 Å². The third-order valence-corrected chi connectivity index (χ3v) is 5.55. The largest absolute Gasteiger partial charge is 0.457 e. The number of hydrogen-bond donors (Lipinski definition) is 1. The van der Waals surface area contributed by atoms with Gasteiger partial charge in [-0.15, -0.1) is 11.3 Å². The number of carbonyl (C=O) groups excluding carboxylic acids is 1. The van der Waals surface area contributed by atoms with Crippen LogP contribution in [0.3, 0.4) is 0 Å². The predicted molar refractivity (Wildman–Crippen MR) is 118 cm³/mol. The second-order valence-corrected chi connectivity index (χ2v) is 8.35. The Bertz CT molecular complexity index is 965. The lowest BCUT2D eigenvalue weighted by molar-refractivity contribution is -0.0707. The summed E-state index contributed by atoms with van der Waals surface area (Å²) < 4.78 is 11.5. The van der Waals surface area contributed by atoms with Gasteiger partial charge in [-0.3, -0.25) is 15.0 Å². The van der Waals surface area contributed by atoms with Gasteiger partial charge in [0.05, 0.1) is 17.9 Å². The molecule has 30 heavy (non-hydrogen) atoms. The number of morpholine rings is 1. The minimum atomic E-state index is -0.184. The number of nitrogens with one attached hydrogen (secondary N) is 1. The van der Waals surface area contributed by atoms with Gasteiger partial charge in [-0.1, -0.05) is 18.2 Å². The summed E-state index contributed by atoms with van der Waals surface area (Å²) in [5.41, 5.74) is 1.52. The maximum Gasteiger partial charge on any atom is 0.257 e. The molecular formula is C23H25N3O3S. The summed E-state index contributed by atoms with van der Waals surface area (Å²) >= 11 is 1.44. The van der Waals surface area contributed by atoms with Crippen molar-refractivity contribution < 1.29 is 14.3 Å². The Kier molecular flexibility index (Phi) is 6.42. The summed E-state index contributed by atoms with van der Waals surface area (Å²) in [6.07, 6.45) is 0.445. The average Bonchev–Trinajstić information content (AvgIpc) is 3.15. The molecular weight excluding hydrogens is 398 g/mol. The van der Waals surface area contributed by atoms with Gasteiger partial charge in [0.1, 0.15) is 11.5 Å². The lowest BCUT2D eigenvalue weighted by atomic mass is 10.2. The van der Waals surface area contributed by atoms with Crippen LogP contribution in [-0.4, -0.2) is 41.1 Å². The van der Waals surface area contributed by atoms with Crippen molar-refractivity contribution in [3.05, 3.63) is 71.2 Å². The minimum absolute atomic E-state index is 0.184. The molecule has 2 aromatic carbocycles. The van der Waals surface area contributed by atoms with Crippen LogP contribution < -0.4 is 10.1 Å². The number of aromatic nitrogens is 1. The van der Waals surface area contributed by atoms with Gasteiger partial charge >= 0.3 is 0 Å².